The number of anilines is 1. The van der Waals surface area contributed by atoms with Crippen LogP contribution in [0.4, 0.5) is 18.9 Å². The molecule has 27 heavy (non-hydrogen) atoms. The number of benzene rings is 2. The van der Waals surface area contributed by atoms with E-state index >= 15 is 0 Å². The smallest absolute Gasteiger partial charge is 0.405 e. The monoisotopic (exact) mass is 447 g/mol. The van der Waals surface area contributed by atoms with Gasteiger partial charge in [-0.2, -0.15) is 13.2 Å². The van der Waals surface area contributed by atoms with E-state index in [0.29, 0.717) is 15.6 Å². The van der Waals surface area contributed by atoms with Crippen molar-refractivity contribution in [2.75, 3.05) is 11.9 Å². The molecule has 0 atom stereocenters. The summed E-state index contributed by atoms with van der Waals surface area (Å²) in [5, 5.41) is 19.5. The van der Waals surface area contributed by atoms with Crippen molar-refractivity contribution in [1.82, 2.24) is 0 Å². The SMILES string of the molecule is Cc1ccc(Br)c(C(=O)O)c1.Cc1ccc(NCC(F)(F)F)c(C(=O)O)c1. The van der Waals surface area contributed by atoms with Crippen LogP contribution in [-0.4, -0.2) is 34.9 Å². The lowest BCUT2D eigenvalue weighted by molar-refractivity contribution is -0.115. The first-order valence-electron chi connectivity index (χ1n) is 7.54. The van der Waals surface area contributed by atoms with Crippen molar-refractivity contribution in [2.24, 2.45) is 0 Å². The number of aromatic carboxylic acids is 2. The summed E-state index contributed by atoms with van der Waals surface area (Å²) >= 11 is 3.15. The molecule has 2 aromatic carbocycles. The summed E-state index contributed by atoms with van der Waals surface area (Å²) in [5.74, 6) is -2.16. The number of aryl methyl sites for hydroxylation is 2. The third kappa shape index (κ3) is 7.69. The largest absolute Gasteiger partial charge is 0.478 e. The second-order valence-corrected chi connectivity index (χ2v) is 6.47. The zero-order chi connectivity index (χ0) is 20.8. The maximum absolute atomic E-state index is 11.9. The fraction of sp³-hybridized carbons (Fsp3) is 0.222. The lowest BCUT2D eigenvalue weighted by Gasteiger charge is -2.12. The number of alkyl halides is 3. The number of hydrogen-bond donors (Lipinski definition) is 3. The van der Waals surface area contributed by atoms with Gasteiger partial charge in [0.2, 0.25) is 0 Å². The minimum Gasteiger partial charge on any atom is -0.478 e. The van der Waals surface area contributed by atoms with Crippen molar-refractivity contribution in [3.8, 4) is 0 Å². The predicted molar refractivity (Wildman–Crippen MR) is 98.5 cm³/mol. The molecular formula is C18H17BrF3NO4. The van der Waals surface area contributed by atoms with Gasteiger partial charge in [0.15, 0.2) is 0 Å². The number of hydrogen-bond acceptors (Lipinski definition) is 3. The highest BCUT2D eigenvalue weighted by Gasteiger charge is 2.27. The van der Waals surface area contributed by atoms with Crippen LogP contribution in [0.5, 0.6) is 0 Å². The maximum atomic E-state index is 11.9. The number of carboxylic acid groups (broad SMARTS) is 2. The van der Waals surface area contributed by atoms with Crippen LogP contribution < -0.4 is 5.32 Å². The van der Waals surface area contributed by atoms with Crippen LogP contribution >= 0.6 is 15.9 Å². The van der Waals surface area contributed by atoms with Crippen molar-refractivity contribution >= 4 is 33.6 Å². The molecule has 3 N–H and O–H groups in total. The highest BCUT2D eigenvalue weighted by atomic mass is 79.9. The molecule has 0 radical (unpaired) electrons. The normalized spacial score (nSPS) is 10.6. The second kappa shape index (κ2) is 9.40. The number of nitrogens with one attached hydrogen (secondary N) is 1. The quantitative estimate of drug-likeness (QED) is 0.605. The molecular weight excluding hydrogens is 431 g/mol. The third-order valence-corrected chi connectivity index (χ3v) is 3.93. The van der Waals surface area contributed by atoms with Gasteiger partial charge in [-0.15, -0.1) is 0 Å². The lowest BCUT2D eigenvalue weighted by Crippen LogP contribution is -2.22. The van der Waals surface area contributed by atoms with Crippen molar-refractivity contribution in [1.29, 1.82) is 0 Å². The number of rotatable bonds is 4. The molecule has 0 saturated heterocycles. The zero-order valence-electron chi connectivity index (χ0n) is 14.4. The Morgan fingerprint density at radius 1 is 0.963 bits per heavy atom. The van der Waals surface area contributed by atoms with E-state index in [1.165, 1.54) is 12.1 Å². The standard InChI is InChI=1S/C10H10F3NO2.C8H7BrO2/c1-6-2-3-8(7(4-6)9(15)16)14-5-10(11,12)13;1-5-2-3-7(9)6(4-5)8(10)11/h2-4,14H,5H2,1H3,(H,15,16);2-4H,1H3,(H,10,11). The fourth-order valence-corrected chi connectivity index (χ4v) is 2.40. The van der Waals surface area contributed by atoms with Gasteiger partial charge >= 0.3 is 18.1 Å². The van der Waals surface area contributed by atoms with E-state index in [4.69, 9.17) is 10.2 Å². The second-order valence-electron chi connectivity index (χ2n) is 5.61. The van der Waals surface area contributed by atoms with E-state index in [2.05, 4.69) is 21.2 Å². The summed E-state index contributed by atoms with van der Waals surface area (Å²) in [6.45, 7) is 2.27. The van der Waals surface area contributed by atoms with Crippen LogP contribution in [0.3, 0.4) is 0 Å². The topological polar surface area (TPSA) is 86.6 Å². The van der Waals surface area contributed by atoms with Crippen molar-refractivity contribution in [3.63, 3.8) is 0 Å². The van der Waals surface area contributed by atoms with E-state index in [1.54, 1.807) is 25.1 Å². The van der Waals surface area contributed by atoms with Crippen LogP contribution in [0.1, 0.15) is 31.8 Å². The highest BCUT2D eigenvalue weighted by Crippen LogP contribution is 2.21. The van der Waals surface area contributed by atoms with Crippen LogP contribution in [0.2, 0.25) is 0 Å². The minimum absolute atomic E-state index is 0.0320. The number of halogens is 4. The lowest BCUT2D eigenvalue weighted by atomic mass is 10.1. The van der Waals surface area contributed by atoms with Gasteiger partial charge in [0.25, 0.3) is 0 Å². The zero-order valence-corrected chi connectivity index (χ0v) is 16.0. The van der Waals surface area contributed by atoms with Crippen molar-refractivity contribution in [2.45, 2.75) is 20.0 Å². The molecule has 0 heterocycles. The van der Waals surface area contributed by atoms with Gasteiger partial charge in [0, 0.05) is 10.2 Å². The van der Waals surface area contributed by atoms with Gasteiger partial charge in [-0.25, -0.2) is 9.59 Å². The Labute approximate surface area is 162 Å². The summed E-state index contributed by atoms with van der Waals surface area (Å²) in [5.41, 5.74) is 1.74. The van der Waals surface area contributed by atoms with E-state index in [-0.39, 0.29) is 11.3 Å². The molecule has 0 amide bonds. The Morgan fingerprint density at radius 3 is 1.89 bits per heavy atom. The predicted octanol–water partition coefficient (Wildman–Crippen LogP) is 5.12. The molecule has 0 spiro atoms. The Hall–Kier alpha value is -2.55. The van der Waals surface area contributed by atoms with Gasteiger partial charge in [0.1, 0.15) is 6.54 Å². The Bertz CT molecular complexity index is 838. The molecule has 0 saturated carbocycles. The summed E-state index contributed by atoms with van der Waals surface area (Å²) in [4.78, 5) is 21.3. The van der Waals surface area contributed by atoms with Gasteiger partial charge in [-0.05, 0) is 54.0 Å². The van der Waals surface area contributed by atoms with Gasteiger partial charge in [-0.3, -0.25) is 0 Å². The average Bonchev–Trinajstić information content (AvgIpc) is 2.55. The van der Waals surface area contributed by atoms with Crippen molar-refractivity contribution in [3.05, 3.63) is 63.1 Å². The Kier molecular flexibility index (Phi) is 7.83. The van der Waals surface area contributed by atoms with E-state index < -0.39 is 24.7 Å². The summed E-state index contributed by atoms with van der Waals surface area (Å²) in [7, 11) is 0. The first-order valence-corrected chi connectivity index (χ1v) is 8.34. The van der Waals surface area contributed by atoms with E-state index in [9.17, 15) is 22.8 Å². The summed E-state index contributed by atoms with van der Waals surface area (Å²) in [6, 6.07) is 9.42. The fourth-order valence-electron chi connectivity index (χ4n) is 1.99. The van der Waals surface area contributed by atoms with Crippen LogP contribution in [0.25, 0.3) is 0 Å². The van der Waals surface area contributed by atoms with Gasteiger partial charge < -0.3 is 15.5 Å². The average molecular weight is 448 g/mol. The third-order valence-electron chi connectivity index (χ3n) is 3.24. The number of carboxylic acids is 2. The molecule has 0 fully saturated rings. The van der Waals surface area contributed by atoms with Crippen LogP contribution in [0, 0.1) is 13.8 Å². The molecule has 0 unspecified atom stereocenters. The van der Waals surface area contributed by atoms with E-state index in [0.717, 1.165) is 5.56 Å². The summed E-state index contributed by atoms with van der Waals surface area (Å²) in [6.07, 6.45) is -4.37. The number of carbonyl (C=O) groups is 2. The molecule has 146 valence electrons. The molecule has 0 aromatic heterocycles. The first kappa shape index (κ1) is 22.5. The molecule has 0 aliphatic heterocycles. The molecule has 9 heteroatoms. The van der Waals surface area contributed by atoms with E-state index in [1.807, 2.05) is 13.0 Å². The molecule has 0 bridgehead atoms. The van der Waals surface area contributed by atoms with Gasteiger partial charge in [0.05, 0.1) is 11.1 Å². The Balaban J connectivity index is 0.000000289. The minimum atomic E-state index is -4.37. The van der Waals surface area contributed by atoms with Crippen LogP contribution in [-0.2, 0) is 0 Å². The molecule has 2 aromatic rings. The van der Waals surface area contributed by atoms with Crippen molar-refractivity contribution < 1.29 is 33.0 Å². The maximum Gasteiger partial charge on any atom is 0.405 e. The molecule has 0 aliphatic rings. The Morgan fingerprint density at radius 2 is 1.44 bits per heavy atom. The molecule has 0 aliphatic carbocycles. The van der Waals surface area contributed by atoms with Crippen LogP contribution in [0.15, 0.2) is 40.9 Å². The van der Waals surface area contributed by atoms with Gasteiger partial charge in [-0.1, -0.05) is 23.3 Å². The first-order chi connectivity index (χ1) is 12.4. The summed E-state index contributed by atoms with van der Waals surface area (Å²) < 4.78 is 36.5. The molecule has 5 nitrogen and oxygen atoms in total. The molecule has 2 rings (SSSR count). The highest BCUT2D eigenvalue weighted by molar-refractivity contribution is 9.10.